The van der Waals surface area contributed by atoms with Crippen molar-refractivity contribution < 1.29 is 4.74 Å². The van der Waals surface area contributed by atoms with E-state index in [-0.39, 0.29) is 0 Å². The fraction of sp³-hybridized carbons (Fsp3) is 0.217. The van der Waals surface area contributed by atoms with Crippen molar-refractivity contribution in [1.82, 2.24) is 5.32 Å². The number of ether oxygens (including phenoxy) is 1. The molecule has 0 unspecified atom stereocenters. The molecule has 2 nitrogen and oxygen atoms in total. The smallest absolute Gasteiger partial charge is 0.0724 e. The molecule has 2 heteroatoms. The molecule has 3 aromatic carbocycles. The Morgan fingerprint density at radius 3 is 2.20 bits per heavy atom. The van der Waals surface area contributed by atoms with Gasteiger partial charge in [0.25, 0.3) is 0 Å². The second kappa shape index (κ2) is 9.16. The second-order valence-electron chi connectivity index (χ2n) is 6.34. The van der Waals surface area contributed by atoms with Gasteiger partial charge in [-0.25, -0.2) is 0 Å². The van der Waals surface area contributed by atoms with Crippen LogP contribution < -0.4 is 5.32 Å². The number of rotatable bonds is 8. The minimum absolute atomic E-state index is 0.636. The SMILES string of the molecule is Cc1cccc(CNCc2ccccc2COCc2ccccc2)c1. The van der Waals surface area contributed by atoms with Crippen molar-refractivity contribution in [1.29, 1.82) is 0 Å². The molecule has 1 N–H and O–H groups in total. The molecule has 0 radical (unpaired) electrons. The fourth-order valence-corrected chi connectivity index (χ4v) is 2.89. The van der Waals surface area contributed by atoms with Gasteiger partial charge in [0.05, 0.1) is 13.2 Å². The molecule has 0 atom stereocenters. The summed E-state index contributed by atoms with van der Waals surface area (Å²) < 4.78 is 5.90. The monoisotopic (exact) mass is 331 g/mol. The molecule has 0 aliphatic rings. The van der Waals surface area contributed by atoms with E-state index in [0.29, 0.717) is 13.2 Å². The molecule has 0 aliphatic heterocycles. The third kappa shape index (κ3) is 5.56. The molecule has 0 bridgehead atoms. The van der Waals surface area contributed by atoms with Gasteiger partial charge in [-0.2, -0.15) is 0 Å². The summed E-state index contributed by atoms with van der Waals surface area (Å²) in [6, 6.07) is 27.4. The van der Waals surface area contributed by atoms with Crippen LogP contribution in [0.15, 0.2) is 78.9 Å². The van der Waals surface area contributed by atoms with Gasteiger partial charge >= 0.3 is 0 Å². The Morgan fingerprint density at radius 2 is 1.40 bits per heavy atom. The van der Waals surface area contributed by atoms with Crippen molar-refractivity contribution in [2.75, 3.05) is 0 Å². The zero-order chi connectivity index (χ0) is 17.3. The largest absolute Gasteiger partial charge is 0.372 e. The summed E-state index contributed by atoms with van der Waals surface area (Å²) in [4.78, 5) is 0. The Morgan fingerprint density at radius 1 is 0.680 bits per heavy atom. The van der Waals surface area contributed by atoms with E-state index in [2.05, 4.69) is 72.9 Å². The third-order valence-electron chi connectivity index (χ3n) is 4.21. The zero-order valence-corrected chi connectivity index (χ0v) is 14.7. The molecule has 0 saturated heterocycles. The Balaban J connectivity index is 1.52. The van der Waals surface area contributed by atoms with E-state index < -0.39 is 0 Å². The number of benzene rings is 3. The molecule has 3 rings (SSSR count). The highest BCUT2D eigenvalue weighted by molar-refractivity contribution is 5.27. The van der Waals surface area contributed by atoms with Gasteiger partial charge in [-0.1, -0.05) is 84.4 Å². The van der Waals surface area contributed by atoms with E-state index in [9.17, 15) is 0 Å². The first-order valence-corrected chi connectivity index (χ1v) is 8.76. The first-order valence-electron chi connectivity index (χ1n) is 8.76. The molecule has 0 amide bonds. The van der Waals surface area contributed by atoms with Crippen LogP contribution in [0.4, 0.5) is 0 Å². The summed E-state index contributed by atoms with van der Waals surface area (Å²) in [7, 11) is 0. The lowest BCUT2D eigenvalue weighted by Crippen LogP contribution is -2.14. The molecule has 0 aromatic heterocycles. The minimum Gasteiger partial charge on any atom is -0.372 e. The van der Waals surface area contributed by atoms with Crippen LogP contribution in [-0.2, 0) is 31.0 Å². The summed E-state index contributed by atoms with van der Waals surface area (Å²) in [6.45, 7) is 5.13. The highest BCUT2D eigenvalue weighted by Crippen LogP contribution is 2.12. The maximum Gasteiger partial charge on any atom is 0.0724 e. The van der Waals surface area contributed by atoms with E-state index in [1.807, 2.05) is 18.2 Å². The highest BCUT2D eigenvalue weighted by atomic mass is 16.5. The van der Waals surface area contributed by atoms with Crippen LogP contribution in [0.1, 0.15) is 27.8 Å². The fourth-order valence-electron chi connectivity index (χ4n) is 2.89. The third-order valence-corrected chi connectivity index (χ3v) is 4.21. The lowest BCUT2D eigenvalue weighted by molar-refractivity contribution is 0.106. The van der Waals surface area contributed by atoms with Crippen molar-refractivity contribution in [3.8, 4) is 0 Å². The number of nitrogens with one attached hydrogen (secondary N) is 1. The molecular formula is C23H25NO. The van der Waals surface area contributed by atoms with E-state index in [1.165, 1.54) is 27.8 Å². The Kier molecular flexibility index (Phi) is 6.38. The van der Waals surface area contributed by atoms with E-state index >= 15 is 0 Å². The van der Waals surface area contributed by atoms with E-state index in [1.54, 1.807) is 0 Å². The normalized spacial score (nSPS) is 10.8. The summed E-state index contributed by atoms with van der Waals surface area (Å²) in [5, 5.41) is 3.54. The molecule has 0 heterocycles. The van der Waals surface area contributed by atoms with Crippen molar-refractivity contribution in [2.24, 2.45) is 0 Å². The van der Waals surface area contributed by atoms with Gasteiger partial charge in [-0.15, -0.1) is 0 Å². The maximum atomic E-state index is 5.90. The quantitative estimate of drug-likeness (QED) is 0.627. The topological polar surface area (TPSA) is 21.3 Å². The van der Waals surface area contributed by atoms with Crippen LogP contribution in [0.2, 0.25) is 0 Å². The highest BCUT2D eigenvalue weighted by Gasteiger charge is 2.03. The Labute approximate surface area is 150 Å². The van der Waals surface area contributed by atoms with Crippen LogP contribution in [0, 0.1) is 6.92 Å². The minimum atomic E-state index is 0.636. The van der Waals surface area contributed by atoms with Crippen LogP contribution in [0.25, 0.3) is 0 Å². The summed E-state index contributed by atoms with van der Waals surface area (Å²) in [6.07, 6.45) is 0. The molecule has 25 heavy (non-hydrogen) atoms. The lowest BCUT2D eigenvalue weighted by atomic mass is 10.1. The molecule has 0 fully saturated rings. The van der Waals surface area contributed by atoms with Gasteiger partial charge in [-0.3, -0.25) is 0 Å². The number of hydrogen-bond donors (Lipinski definition) is 1. The van der Waals surface area contributed by atoms with Gasteiger partial charge in [-0.05, 0) is 29.2 Å². The number of aryl methyl sites for hydroxylation is 1. The lowest BCUT2D eigenvalue weighted by Gasteiger charge is -2.12. The standard InChI is InChI=1S/C23H25NO/c1-19-8-7-11-21(14-19)15-24-16-22-12-5-6-13-23(22)18-25-17-20-9-3-2-4-10-20/h2-14,24H,15-18H2,1H3. The van der Waals surface area contributed by atoms with Crippen molar-refractivity contribution in [3.05, 3.63) is 107 Å². The number of hydrogen-bond acceptors (Lipinski definition) is 2. The van der Waals surface area contributed by atoms with Crippen molar-refractivity contribution >= 4 is 0 Å². The molecule has 3 aromatic rings. The first-order chi connectivity index (χ1) is 12.3. The van der Waals surface area contributed by atoms with Gasteiger partial charge < -0.3 is 10.1 Å². The average Bonchev–Trinajstić information content (AvgIpc) is 2.64. The Bertz CT molecular complexity index is 783. The van der Waals surface area contributed by atoms with Gasteiger partial charge in [0.2, 0.25) is 0 Å². The molecular weight excluding hydrogens is 306 g/mol. The molecule has 128 valence electrons. The predicted octanol–water partition coefficient (Wildman–Crippen LogP) is 5.00. The van der Waals surface area contributed by atoms with Crippen LogP contribution in [-0.4, -0.2) is 0 Å². The van der Waals surface area contributed by atoms with Crippen molar-refractivity contribution in [3.63, 3.8) is 0 Å². The summed E-state index contributed by atoms with van der Waals surface area (Å²) >= 11 is 0. The second-order valence-corrected chi connectivity index (χ2v) is 6.34. The van der Waals surface area contributed by atoms with E-state index in [0.717, 1.165) is 13.1 Å². The summed E-state index contributed by atoms with van der Waals surface area (Å²) in [5.41, 5.74) is 6.36. The first kappa shape index (κ1) is 17.4. The Hall–Kier alpha value is -2.42. The van der Waals surface area contributed by atoms with Crippen LogP contribution in [0.3, 0.4) is 0 Å². The molecule has 0 saturated carbocycles. The van der Waals surface area contributed by atoms with E-state index in [4.69, 9.17) is 4.74 Å². The van der Waals surface area contributed by atoms with Gasteiger partial charge in [0.15, 0.2) is 0 Å². The van der Waals surface area contributed by atoms with Crippen molar-refractivity contribution in [2.45, 2.75) is 33.2 Å². The molecule has 0 spiro atoms. The predicted molar refractivity (Wildman–Crippen MR) is 103 cm³/mol. The zero-order valence-electron chi connectivity index (χ0n) is 14.7. The van der Waals surface area contributed by atoms with Gasteiger partial charge in [0, 0.05) is 13.1 Å². The molecule has 0 aliphatic carbocycles. The summed E-state index contributed by atoms with van der Waals surface area (Å²) in [5.74, 6) is 0. The van der Waals surface area contributed by atoms with Gasteiger partial charge in [0.1, 0.15) is 0 Å². The average molecular weight is 331 g/mol. The van der Waals surface area contributed by atoms with Crippen LogP contribution >= 0.6 is 0 Å². The van der Waals surface area contributed by atoms with Crippen LogP contribution in [0.5, 0.6) is 0 Å². The maximum absolute atomic E-state index is 5.90.